The SMILES string of the molecule is CCCCCC(=O)C1(N=Cc2ccc([N+](=O)[O-])cc2)C(=O)N2C(C(=O)OC(c3ccccc3)c3ccccc3)=C(COC(C)=O)CS[C@@H]21. The van der Waals surface area contributed by atoms with Crippen molar-refractivity contribution in [3.63, 3.8) is 0 Å². The molecule has 12 heteroatoms. The van der Waals surface area contributed by atoms with Crippen LogP contribution in [-0.2, 0) is 28.7 Å². The molecular formula is C36H35N3O8S. The smallest absolute Gasteiger partial charge is 0.356 e. The van der Waals surface area contributed by atoms with Crippen molar-refractivity contribution in [2.75, 3.05) is 12.4 Å². The predicted octanol–water partition coefficient (Wildman–Crippen LogP) is 5.97. The molecule has 0 saturated carbocycles. The lowest BCUT2D eigenvalue weighted by Gasteiger charge is -2.54. The number of β-lactam (4-membered cyclic amide) rings is 1. The number of fused-ring (bicyclic) bond motifs is 1. The first kappa shape index (κ1) is 34.2. The van der Waals surface area contributed by atoms with Crippen LogP contribution in [-0.4, -0.2) is 62.9 Å². The first-order chi connectivity index (χ1) is 23.2. The summed E-state index contributed by atoms with van der Waals surface area (Å²) in [6.07, 6.45) is 2.88. The van der Waals surface area contributed by atoms with Crippen LogP contribution in [0.1, 0.15) is 62.3 Å². The second-order valence-electron chi connectivity index (χ2n) is 11.4. The van der Waals surface area contributed by atoms with E-state index in [4.69, 9.17) is 9.47 Å². The molecule has 0 aliphatic carbocycles. The molecule has 11 nitrogen and oxygen atoms in total. The molecule has 248 valence electrons. The van der Waals surface area contributed by atoms with Crippen molar-refractivity contribution in [2.24, 2.45) is 4.99 Å². The van der Waals surface area contributed by atoms with Crippen LogP contribution < -0.4 is 0 Å². The minimum absolute atomic E-state index is 0.0793. The second kappa shape index (κ2) is 15.2. The van der Waals surface area contributed by atoms with Crippen molar-refractivity contribution in [3.8, 4) is 0 Å². The van der Waals surface area contributed by atoms with Gasteiger partial charge in [0, 0.05) is 43.0 Å². The number of hydrogen-bond donors (Lipinski definition) is 0. The normalized spacial score (nSPS) is 18.8. The molecule has 0 radical (unpaired) electrons. The first-order valence-corrected chi connectivity index (χ1v) is 16.7. The van der Waals surface area contributed by atoms with Crippen molar-refractivity contribution in [1.82, 2.24) is 4.90 Å². The van der Waals surface area contributed by atoms with Crippen molar-refractivity contribution in [2.45, 2.75) is 56.5 Å². The minimum Gasteiger partial charge on any atom is -0.461 e. The molecule has 0 aromatic heterocycles. The second-order valence-corrected chi connectivity index (χ2v) is 12.5. The molecule has 2 aliphatic rings. The molecule has 0 N–H and O–H groups in total. The fourth-order valence-electron chi connectivity index (χ4n) is 5.67. The van der Waals surface area contributed by atoms with Gasteiger partial charge in [-0.15, -0.1) is 11.8 Å². The van der Waals surface area contributed by atoms with Crippen molar-refractivity contribution in [1.29, 1.82) is 0 Å². The largest absolute Gasteiger partial charge is 0.461 e. The topological polar surface area (TPSA) is 145 Å². The molecule has 2 heterocycles. The maximum absolute atomic E-state index is 14.3. The summed E-state index contributed by atoms with van der Waals surface area (Å²) < 4.78 is 11.4. The molecule has 0 bridgehead atoms. The third-order valence-electron chi connectivity index (χ3n) is 8.15. The molecule has 1 saturated heterocycles. The van der Waals surface area contributed by atoms with E-state index in [9.17, 15) is 29.3 Å². The number of carbonyl (C=O) groups is 4. The highest BCUT2D eigenvalue weighted by molar-refractivity contribution is 8.00. The lowest BCUT2D eigenvalue weighted by atomic mass is 9.80. The highest BCUT2D eigenvalue weighted by atomic mass is 32.2. The number of aliphatic imine (C=N–C) groups is 1. The molecule has 1 amide bonds. The molecule has 2 aliphatic heterocycles. The van der Waals surface area contributed by atoms with Crippen molar-refractivity contribution >= 4 is 47.3 Å². The number of ether oxygens (including phenoxy) is 2. The molecule has 3 aromatic carbocycles. The van der Waals surface area contributed by atoms with Gasteiger partial charge in [-0.3, -0.25) is 34.4 Å². The Bertz CT molecular complexity index is 1700. The lowest BCUT2D eigenvalue weighted by molar-refractivity contribution is -0.384. The number of benzene rings is 3. The number of thioether (sulfide) groups is 1. The summed E-state index contributed by atoms with van der Waals surface area (Å²) in [7, 11) is 0. The van der Waals surface area contributed by atoms with E-state index in [0.29, 0.717) is 28.7 Å². The average Bonchev–Trinajstić information content (AvgIpc) is 3.10. The summed E-state index contributed by atoms with van der Waals surface area (Å²) in [6, 6.07) is 24.0. The first-order valence-electron chi connectivity index (χ1n) is 15.6. The fraction of sp³-hybridized carbons (Fsp3) is 0.306. The monoisotopic (exact) mass is 669 g/mol. The van der Waals surface area contributed by atoms with Gasteiger partial charge in [0.1, 0.15) is 17.7 Å². The summed E-state index contributed by atoms with van der Waals surface area (Å²) in [5.41, 5.74) is 0.252. The van der Waals surface area contributed by atoms with Crippen LogP contribution in [0.5, 0.6) is 0 Å². The average molecular weight is 670 g/mol. The third kappa shape index (κ3) is 7.08. The van der Waals surface area contributed by atoms with Gasteiger partial charge in [0.2, 0.25) is 5.54 Å². The number of rotatable bonds is 14. The van der Waals surface area contributed by atoms with E-state index in [1.54, 1.807) is 0 Å². The number of hydrogen-bond acceptors (Lipinski definition) is 10. The van der Waals surface area contributed by atoms with E-state index in [1.165, 1.54) is 54.1 Å². The van der Waals surface area contributed by atoms with E-state index >= 15 is 0 Å². The Morgan fingerprint density at radius 1 is 1.02 bits per heavy atom. The fourth-order valence-corrected chi connectivity index (χ4v) is 7.13. The predicted molar refractivity (Wildman–Crippen MR) is 180 cm³/mol. The Hall–Kier alpha value is -5.10. The zero-order valence-corrected chi connectivity index (χ0v) is 27.4. The van der Waals surface area contributed by atoms with Gasteiger partial charge in [-0.25, -0.2) is 4.79 Å². The molecule has 5 rings (SSSR count). The van der Waals surface area contributed by atoms with Gasteiger partial charge in [-0.05, 0) is 35.2 Å². The number of esters is 2. The number of carbonyl (C=O) groups excluding carboxylic acids is 4. The minimum atomic E-state index is -1.82. The van der Waals surface area contributed by atoms with Crippen LogP contribution >= 0.6 is 11.8 Å². The van der Waals surface area contributed by atoms with Crippen molar-refractivity contribution in [3.05, 3.63) is 123 Å². The van der Waals surface area contributed by atoms with Gasteiger partial charge in [0.15, 0.2) is 11.9 Å². The standard InChI is InChI=1S/C36H35N3O8S/c1-3-4-7-16-30(41)36(37-21-25-17-19-29(20-18-25)39(44)45)34(43)38-31(28(22-46-24(2)40)23-48-35(36)38)33(42)47-32(26-12-8-5-9-13-26)27-14-10-6-11-15-27/h5-6,8-15,17-21,32,35H,3-4,7,16,22-23H2,1-2H3/t35-,36?/m1/s1. The Labute approximate surface area is 282 Å². The lowest BCUT2D eigenvalue weighted by Crippen LogP contribution is -2.76. The number of amides is 1. The van der Waals surface area contributed by atoms with E-state index in [-0.39, 0.29) is 35.9 Å². The van der Waals surface area contributed by atoms with Crippen LogP contribution in [0, 0.1) is 10.1 Å². The van der Waals surface area contributed by atoms with E-state index < -0.39 is 39.8 Å². The summed E-state index contributed by atoms with van der Waals surface area (Å²) in [5.74, 6) is -2.26. The molecule has 3 aromatic rings. The maximum Gasteiger partial charge on any atom is 0.356 e. The Balaban J connectivity index is 1.53. The van der Waals surface area contributed by atoms with Crippen LogP contribution in [0.3, 0.4) is 0 Å². The number of nitro groups is 1. The van der Waals surface area contributed by atoms with Crippen molar-refractivity contribution < 1.29 is 33.6 Å². The molecule has 1 unspecified atom stereocenters. The maximum atomic E-state index is 14.3. The zero-order chi connectivity index (χ0) is 34.3. The number of non-ortho nitro benzene ring substituents is 1. The summed E-state index contributed by atoms with van der Waals surface area (Å²) in [5, 5.41) is 10.3. The Morgan fingerprint density at radius 2 is 1.65 bits per heavy atom. The number of ketones is 1. The summed E-state index contributed by atoms with van der Waals surface area (Å²) in [4.78, 5) is 70.6. The molecular weight excluding hydrogens is 634 g/mol. The zero-order valence-electron chi connectivity index (χ0n) is 26.6. The highest BCUT2D eigenvalue weighted by Crippen LogP contribution is 2.50. The van der Waals surface area contributed by atoms with E-state index in [2.05, 4.69) is 4.99 Å². The van der Waals surface area contributed by atoms with Gasteiger partial charge in [0.05, 0.1) is 4.92 Å². The number of unbranched alkanes of at least 4 members (excludes halogenated alkanes) is 2. The van der Waals surface area contributed by atoms with Gasteiger partial charge < -0.3 is 9.47 Å². The van der Waals surface area contributed by atoms with E-state index in [1.807, 2.05) is 67.6 Å². The molecule has 2 atom stereocenters. The number of Topliss-reactive ketones (excluding diaryl/α,β-unsaturated/α-hetero) is 1. The highest BCUT2D eigenvalue weighted by Gasteiger charge is 2.68. The molecule has 1 fully saturated rings. The van der Waals surface area contributed by atoms with Crippen LogP contribution in [0.25, 0.3) is 0 Å². The Kier molecular flexibility index (Phi) is 10.8. The van der Waals surface area contributed by atoms with Gasteiger partial charge in [-0.2, -0.15) is 0 Å². The van der Waals surface area contributed by atoms with Gasteiger partial charge >= 0.3 is 11.9 Å². The number of nitro benzene ring substituents is 1. The summed E-state index contributed by atoms with van der Waals surface area (Å²) >= 11 is 1.25. The van der Waals surface area contributed by atoms with Gasteiger partial charge in [-0.1, -0.05) is 80.4 Å². The number of nitrogens with zero attached hydrogens (tertiary/aromatic N) is 3. The molecule has 0 spiro atoms. The Morgan fingerprint density at radius 3 is 2.21 bits per heavy atom. The quantitative estimate of drug-likeness (QED) is 0.0386. The van der Waals surface area contributed by atoms with Gasteiger partial charge in [0.25, 0.3) is 11.6 Å². The van der Waals surface area contributed by atoms with E-state index in [0.717, 1.165) is 12.8 Å². The van der Waals surface area contributed by atoms with Crippen LogP contribution in [0.4, 0.5) is 5.69 Å². The third-order valence-corrected chi connectivity index (χ3v) is 9.54. The van der Waals surface area contributed by atoms with Crippen LogP contribution in [0.2, 0.25) is 0 Å². The summed E-state index contributed by atoms with van der Waals surface area (Å²) in [6.45, 7) is 3.01. The molecule has 48 heavy (non-hydrogen) atoms. The van der Waals surface area contributed by atoms with Crippen LogP contribution in [0.15, 0.2) is 101 Å².